The normalized spacial score (nSPS) is 13.4. The highest BCUT2D eigenvalue weighted by atomic mass is 32.2. The maximum absolute atomic E-state index is 12.3. The second kappa shape index (κ2) is 8.26. The molecule has 0 radical (unpaired) electrons. The van der Waals surface area contributed by atoms with Crippen molar-refractivity contribution in [2.24, 2.45) is 11.7 Å². The fraction of sp³-hybridized carbons (Fsp3) is 0.533. The fourth-order valence-corrected chi connectivity index (χ4v) is 3.26. The van der Waals surface area contributed by atoms with Gasteiger partial charge in [0.05, 0.1) is 11.4 Å². The summed E-state index contributed by atoms with van der Waals surface area (Å²) in [6.45, 7) is 4.19. The summed E-state index contributed by atoms with van der Waals surface area (Å²) in [7, 11) is -2.27. The monoisotopic (exact) mass is 327 g/mol. The molecule has 1 aromatic rings. The highest BCUT2D eigenvalue weighted by molar-refractivity contribution is 7.89. The number of likely N-dealkylation sites (N-methyl/N-ethyl adjacent to an activating group) is 1. The van der Waals surface area contributed by atoms with Crippen LogP contribution in [0.1, 0.15) is 20.3 Å². The average Bonchev–Trinajstić information content (AvgIpc) is 2.46. The number of nitrogens with two attached hydrogens (primary N) is 1. The lowest BCUT2D eigenvalue weighted by Gasteiger charge is -2.21. The summed E-state index contributed by atoms with van der Waals surface area (Å²) < 4.78 is 25.7. The number of carbonyl (C=O) groups is 1. The Balaban J connectivity index is 2.67. The van der Waals surface area contributed by atoms with E-state index in [4.69, 9.17) is 5.73 Å². The first-order valence-electron chi connectivity index (χ1n) is 7.28. The van der Waals surface area contributed by atoms with Crippen LogP contribution in [0.15, 0.2) is 35.2 Å². The van der Waals surface area contributed by atoms with Gasteiger partial charge >= 0.3 is 0 Å². The molecule has 0 aliphatic heterocycles. The lowest BCUT2D eigenvalue weighted by atomic mass is 10.0. The summed E-state index contributed by atoms with van der Waals surface area (Å²) in [5.74, 6) is 0.0535. The van der Waals surface area contributed by atoms with Gasteiger partial charge < -0.3 is 11.1 Å². The molecule has 1 amide bonds. The molecule has 0 heterocycles. The van der Waals surface area contributed by atoms with Gasteiger partial charge in [0.25, 0.3) is 0 Å². The Morgan fingerprint density at radius 3 is 2.36 bits per heavy atom. The average molecular weight is 327 g/mol. The van der Waals surface area contributed by atoms with E-state index in [1.165, 1.54) is 19.2 Å². The number of nitrogens with zero attached hydrogens (tertiary/aromatic N) is 1. The molecule has 0 aromatic heterocycles. The van der Waals surface area contributed by atoms with E-state index in [-0.39, 0.29) is 23.4 Å². The summed E-state index contributed by atoms with van der Waals surface area (Å²) in [6.07, 6.45) is 0.761. The van der Waals surface area contributed by atoms with Crippen molar-refractivity contribution in [3.05, 3.63) is 30.3 Å². The molecule has 1 aromatic carbocycles. The molecule has 0 aliphatic carbocycles. The van der Waals surface area contributed by atoms with E-state index in [2.05, 4.69) is 5.32 Å². The van der Waals surface area contributed by atoms with Gasteiger partial charge in [-0.1, -0.05) is 32.0 Å². The Morgan fingerprint density at radius 2 is 1.86 bits per heavy atom. The van der Waals surface area contributed by atoms with Crippen LogP contribution in [-0.2, 0) is 14.8 Å². The van der Waals surface area contributed by atoms with Crippen molar-refractivity contribution in [3.8, 4) is 0 Å². The summed E-state index contributed by atoms with van der Waals surface area (Å²) in [4.78, 5) is 12.2. The third-order valence-corrected chi connectivity index (χ3v) is 5.04. The van der Waals surface area contributed by atoms with Crippen LogP contribution in [0, 0.1) is 5.92 Å². The third kappa shape index (κ3) is 5.40. The van der Waals surface area contributed by atoms with E-state index in [0.717, 1.165) is 10.7 Å². The van der Waals surface area contributed by atoms with Crippen LogP contribution < -0.4 is 11.1 Å². The zero-order chi connectivity index (χ0) is 16.8. The van der Waals surface area contributed by atoms with Crippen LogP contribution in [0.4, 0.5) is 0 Å². The van der Waals surface area contributed by atoms with Gasteiger partial charge in [0.2, 0.25) is 15.9 Å². The highest BCUT2D eigenvalue weighted by Crippen LogP contribution is 2.13. The number of sulfonamides is 1. The summed E-state index contributed by atoms with van der Waals surface area (Å²) in [5, 5.41) is 2.78. The largest absolute Gasteiger partial charge is 0.351 e. The molecule has 0 bridgehead atoms. The SMILES string of the molecule is CC(C)CC(CN)NC(=O)CN(C)S(=O)(=O)c1ccccc1. The number of nitrogens with one attached hydrogen (secondary N) is 1. The van der Waals surface area contributed by atoms with Crippen LogP contribution in [0.25, 0.3) is 0 Å². The maximum atomic E-state index is 12.3. The number of carbonyl (C=O) groups excluding carboxylic acids is 1. The van der Waals surface area contributed by atoms with Gasteiger partial charge in [0, 0.05) is 19.6 Å². The minimum Gasteiger partial charge on any atom is -0.351 e. The second-order valence-corrected chi connectivity index (χ2v) is 7.75. The summed E-state index contributed by atoms with van der Waals surface area (Å²) in [6, 6.07) is 7.90. The molecule has 1 atom stereocenters. The molecule has 3 N–H and O–H groups in total. The van der Waals surface area contributed by atoms with Crippen molar-refractivity contribution < 1.29 is 13.2 Å². The second-order valence-electron chi connectivity index (χ2n) is 5.70. The van der Waals surface area contributed by atoms with Gasteiger partial charge in [-0.15, -0.1) is 0 Å². The Labute approximate surface area is 132 Å². The van der Waals surface area contributed by atoms with Crippen molar-refractivity contribution in [1.82, 2.24) is 9.62 Å². The molecule has 7 heteroatoms. The van der Waals surface area contributed by atoms with Gasteiger partial charge in [-0.05, 0) is 24.5 Å². The molecular formula is C15H25N3O3S. The van der Waals surface area contributed by atoms with Crippen LogP contribution in [0.2, 0.25) is 0 Å². The van der Waals surface area contributed by atoms with Gasteiger partial charge in [-0.2, -0.15) is 4.31 Å². The first kappa shape index (κ1) is 18.6. The molecule has 0 saturated heterocycles. The van der Waals surface area contributed by atoms with E-state index in [1.54, 1.807) is 18.2 Å². The molecule has 22 heavy (non-hydrogen) atoms. The van der Waals surface area contributed by atoms with E-state index < -0.39 is 10.0 Å². The number of hydrogen-bond donors (Lipinski definition) is 2. The van der Waals surface area contributed by atoms with E-state index in [0.29, 0.717) is 12.5 Å². The molecule has 124 valence electrons. The molecule has 1 unspecified atom stereocenters. The predicted octanol–water partition coefficient (Wildman–Crippen LogP) is 0.797. The van der Waals surface area contributed by atoms with Gasteiger partial charge in [0.15, 0.2) is 0 Å². The van der Waals surface area contributed by atoms with E-state index >= 15 is 0 Å². The highest BCUT2D eigenvalue weighted by Gasteiger charge is 2.23. The Kier molecular flexibility index (Phi) is 6.99. The van der Waals surface area contributed by atoms with Crippen molar-refractivity contribution >= 4 is 15.9 Å². The molecule has 0 saturated carbocycles. The molecule has 1 rings (SSSR count). The quantitative estimate of drug-likeness (QED) is 0.738. The van der Waals surface area contributed by atoms with Crippen LogP contribution >= 0.6 is 0 Å². The Hall–Kier alpha value is -1.44. The lowest BCUT2D eigenvalue weighted by Crippen LogP contribution is -2.46. The zero-order valence-electron chi connectivity index (χ0n) is 13.3. The molecule has 0 spiro atoms. The lowest BCUT2D eigenvalue weighted by molar-refractivity contribution is -0.121. The number of amides is 1. The van der Waals surface area contributed by atoms with Gasteiger partial charge in [-0.3, -0.25) is 4.79 Å². The Morgan fingerprint density at radius 1 is 1.27 bits per heavy atom. The van der Waals surface area contributed by atoms with E-state index in [1.807, 2.05) is 13.8 Å². The first-order chi connectivity index (χ1) is 10.3. The minimum atomic E-state index is -3.66. The van der Waals surface area contributed by atoms with Crippen molar-refractivity contribution in [1.29, 1.82) is 0 Å². The van der Waals surface area contributed by atoms with Crippen molar-refractivity contribution in [2.75, 3.05) is 20.1 Å². The molecule has 0 fully saturated rings. The number of rotatable bonds is 8. The van der Waals surface area contributed by atoms with Crippen molar-refractivity contribution in [3.63, 3.8) is 0 Å². The number of benzene rings is 1. The van der Waals surface area contributed by atoms with Gasteiger partial charge in [0.1, 0.15) is 0 Å². The maximum Gasteiger partial charge on any atom is 0.243 e. The Bertz CT molecular complexity index is 573. The van der Waals surface area contributed by atoms with Crippen LogP contribution in [-0.4, -0.2) is 44.8 Å². The number of hydrogen-bond acceptors (Lipinski definition) is 4. The fourth-order valence-electron chi connectivity index (χ4n) is 2.12. The summed E-state index contributed by atoms with van der Waals surface area (Å²) in [5.41, 5.74) is 5.63. The third-order valence-electron chi connectivity index (χ3n) is 3.22. The van der Waals surface area contributed by atoms with Crippen molar-refractivity contribution in [2.45, 2.75) is 31.2 Å². The summed E-state index contributed by atoms with van der Waals surface area (Å²) >= 11 is 0. The molecule has 0 aliphatic rings. The van der Waals surface area contributed by atoms with E-state index in [9.17, 15) is 13.2 Å². The first-order valence-corrected chi connectivity index (χ1v) is 8.72. The predicted molar refractivity (Wildman–Crippen MR) is 86.7 cm³/mol. The smallest absolute Gasteiger partial charge is 0.243 e. The molecular weight excluding hydrogens is 302 g/mol. The zero-order valence-corrected chi connectivity index (χ0v) is 14.1. The topological polar surface area (TPSA) is 92.5 Å². The minimum absolute atomic E-state index is 0.139. The standard InChI is InChI=1S/C15H25N3O3S/c1-12(2)9-13(10-16)17-15(19)11-18(3)22(20,21)14-7-5-4-6-8-14/h4-8,12-13H,9-11,16H2,1-3H3,(H,17,19). The van der Waals surface area contributed by atoms with Crippen LogP contribution in [0.5, 0.6) is 0 Å². The molecule has 6 nitrogen and oxygen atoms in total. The van der Waals surface area contributed by atoms with Crippen LogP contribution in [0.3, 0.4) is 0 Å². The van der Waals surface area contributed by atoms with Gasteiger partial charge in [-0.25, -0.2) is 8.42 Å².